The number of carbonyl (C=O) groups is 1. The number of hydrogen-bond donors (Lipinski definition) is 3. The molecule has 0 aromatic carbocycles. The molecular weight excluding hydrogens is 232 g/mol. The minimum atomic E-state index is -0.244. The van der Waals surface area contributed by atoms with Crippen LogP contribution in [-0.2, 0) is 13.1 Å². The monoisotopic (exact) mass is 248 g/mol. The third-order valence-electron chi connectivity index (χ3n) is 2.66. The number of nitrogens with one attached hydrogen (secondary N) is 2. The Labute approximate surface area is 104 Å². The molecule has 18 heavy (non-hydrogen) atoms. The number of H-pyrrole nitrogens is 1. The quantitative estimate of drug-likeness (QED) is 0.731. The predicted molar refractivity (Wildman–Crippen MR) is 66.8 cm³/mol. The molecule has 0 aliphatic rings. The van der Waals surface area contributed by atoms with Crippen molar-refractivity contribution in [2.24, 2.45) is 0 Å². The van der Waals surface area contributed by atoms with Crippen molar-refractivity contribution in [1.29, 1.82) is 0 Å². The van der Waals surface area contributed by atoms with Crippen molar-refractivity contribution in [2.45, 2.75) is 26.9 Å². The summed E-state index contributed by atoms with van der Waals surface area (Å²) in [6.07, 6.45) is 3.34. The van der Waals surface area contributed by atoms with Crippen LogP contribution in [0.4, 0.5) is 5.69 Å². The van der Waals surface area contributed by atoms with Gasteiger partial charge in [0.1, 0.15) is 11.5 Å². The number of anilines is 1. The molecule has 96 valence electrons. The molecule has 0 saturated heterocycles. The minimum Gasteiger partial charge on any atom is -0.395 e. The molecule has 0 unspecified atom stereocenters. The summed E-state index contributed by atoms with van der Waals surface area (Å²) < 4.78 is 1.60. The maximum Gasteiger partial charge on any atom is 0.272 e. The van der Waals surface area contributed by atoms with Crippen LogP contribution in [0.3, 0.4) is 0 Å². The maximum absolute atomic E-state index is 12.1. The van der Waals surface area contributed by atoms with Gasteiger partial charge in [0.15, 0.2) is 0 Å². The molecule has 2 heterocycles. The average Bonchev–Trinajstić information content (AvgIpc) is 2.96. The van der Waals surface area contributed by atoms with Gasteiger partial charge < -0.3 is 16.0 Å². The van der Waals surface area contributed by atoms with Crippen LogP contribution in [0.25, 0.3) is 0 Å². The average molecular weight is 248 g/mol. The van der Waals surface area contributed by atoms with E-state index in [1.807, 2.05) is 6.92 Å². The number of amides is 1. The number of aromatic nitrogens is 4. The Balaban J connectivity index is 2.13. The number of nitrogens with zero attached hydrogens (tertiary/aromatic N) is 3. The van der Waals surface area contributed by atoms with Gasteiger partial charge in [-0.15, -0.1) is 0 Å². The van der Waals surface area contributed by atoms with Gasteiger partial charge in [-0.2, -0.15) is 5.10 Å². The molecule has 0 fully saturated rings. The second-order valence-corrected chi connectivity index (χ2v) is 3.88. The van der Waals surface area contributed by atoms with Crippen LogP contribution in [-0.4, -0.2) is 25.7 Å². The van der Waals surface area contributed by atoms with Crippen molar-refractivity contribution in [1.82, 2.24) is 25.1 Å². The number of aryl methyl sites for hydroxylation is 2. The predicted octanol–water partition coefficient (Wildman–Crippen LogP) is 0.447. The van der Waals surface area contributed by atoms with Crippen LogP contribution in [0.2, 0.25) is 0 Å². The summed E-state index contributed by atoms with van der Waals surface area (Å²) in [6, 6.07) is 0. The standard InChI is InChI=1S/C11H16N6O/c1-3-17-10(9(12)7(2)16-17)11(18)15-6-8-13-4-5-14-8/h4-5H,3,6,12H2,1-2H3,(H,13,14)(H,15,18). The van der Waals surface area contributed by atoms with Gasteiger partial charge in [0, 0.05) is 18.9 Å². The lowest BCUT2D eigenvalue weighted by molar-refractivity contribution is 0.0940. The SMILES string of the molecule is CCn1nc(C)c(N)c1C(=O)NCc1ncc[nH]1. The first-order valence-electron chi connectivity index (χ1n) is 5.72. The first-order valence-corrected chi connectivity index (χ1v) is 5.72. The molecule has 1 amide bonds. The Morgan fingerprint density at radius 3 is 3.00 bits per heavy atom. The van der Waals surface area contributed by atoms with Crippen molar-refractivity contribution in [3.63, 3.8) is 0 Å². The molecule has 0 saturated carbocycles. The lowest BCUT2D eigenvalue weighted by Crippen LogP contribution is -2.27. The summed E-state index contributed by atoms with van der Waals surface area (Å²) in [5.74, 6) is 0.451. The fourth-order valence-corrected chi connectivity index (χ4v) is 1.71. The summed E-state index contributed by atoms with van der Waals surface area (Å²) in [5.41, 5.74) is 7.36. The van der Waals surface area contributed by atoms with Crippen LogP contribution in [0, 0.1) is 6.92 Å². The highest BCUT2D eigenvalue weighted by Crippen LogP contribution is 2.16. The van der Waals surface area contributed by atoms with Crippen molar-refractivity contribution in [2.75, 3.05) is 5.73 Å². The molecule has 7 heteroatoms. The largest absolute Gasteiger partial charge is 0.395 e. The Bertz CT molecular complexity index is 542. The van der Waals surface area contributed by atoms with E-state index >= 15 is 0 Å². The molecule has 0 atom stereocenters. The fourth-order valence-electron chi connectivity index (χ4n) is 1.71. The topological polar surface area (TPSA) is 102 Å². The zero-order valence-corrected chi connectivity index (χ0v) is 10.4. The van der Waals surface area contributed by atoms with Crippen LogP contribution in [0.5, 0.6) is 0 Å². The Kier molecular flexibility index (Phi) is 3.31. The van der Waals surface area contributed by atoms with Gasteiger partial charge in [-0.1, -0.05) is 0 Å². The first kappa shape index (κ1) is 12.2. The third kappa shape index (κ3) is 2.20. The van der Waals surface area contributed by atoms with E-state index in [-0.39, 0.29) is 5.91 Å². The molecule has 2 aromatic rings. The molecule has 0 radical (unpaired) electrons. The zero-order valence-electron chi connectivity index (χ0n) is 10.4. The highest BCUT2D eigenvalue weighted by atomic mass is 16.2. The van der Waals surface area contributed by atoms with Gasteiger partial charge in [0.25, 0.3) is 5.91 Å². The van der Waals surface area contributed by atoms with Gasteiger partial charge >= 0.3 is 0 Å². The summed E-state index contributed by atoms with van der Waals surface area (Å²) in [6.45, 7) is 4.63. The third-order valence-corrected chi connectivity index (χ3v) is 2.66. The lowest BCUT2D eigenvalue weighted by atomic mass is 10.3. The zero-order chi connectivity index (χ0) is 13.1. The number of imidazole rings is 1. The summed E-state index contributed by atoms with van der Waals surface area (Å²) in [7, 11) is 0. The molecule has 0 spiro atoms. The first-order chi connectivity index (χ1) is 8.63. The highest BCUT2D eigenvalue weighted by molar-refractivity contribution is 5.97. The molecular formula is C11H16N6O. The van der Waals surface area contributed by atoms with Gasteiger partial charge in [-0.3, -0.25) is 9.48 Å². The second kappa shape index (κ2) is 4.91. The molecule has 2 rings (SSSR count). The van der Waals surface area contributed by atoms with E-state index in [9.17, 15) is 4.79 Å². The Morgan fingerprint density at radius 1 is 1.61 bits per heavy atom. The number of aromatic amines is 1. The molecule has 7 nitrogen and oxygen atoms in total. The Hall–Kier alpha value is -2.31. The summed E-state index contributed by atoms with van der Waals surface area (Å²) in [5, 5.41) is 6.96. The number of nitrogens with two attached hydrogens (primary N) is 1. The van der Waals surface area contributed by atoms with E-state index < -0.39 is 0 Å². The van der Waals surface area contributed by atoms with Gasteiger partial charge in [0.2, 0.25) is 0 Å². The highest BCUT2D eigenvalue weighted by Gasteiger charge is 2.18. The van der Waals surface area contributed by atoms with Crippen LogP contribution >= 0.6 is 0 Å². The smallest absolute Gasteiger partial charge is 0.272 e. The van der Waals surface area contributed by atoms with Crippen LogP contribution in [0.1, 0.15) is 28.9 Å². The second-order valence-electron chi connectivity index (χ2n) is 3.88. The summed E-state index contributed by atoms with van der Waals surface area (Å²) >= 11 is 0. The number of rotatable bonds is 4. The van der Waals surface area contributed by atoms with E-state index in [4.69, 9.17) is 5.73 Å². The van der Waals surface area contributed by atoms with Crippen LogP contribution in [0.15, 0.2) is 12.4 Å². The van der Waals surface area contributed by atoms with E-state index in [0.29, 0.717) is 36.0 Å². The molecule has 4 N–H and O–H groups in total. The van der Waals surface area contributed by atoms with Gasteiger partial charge in [-0.05, 0) is 13.8 Å². The lowest BCUT2D eigenvalue weighted by Gasteiger charge is -2.06. The van der Waals surface area contributed by atoms with E-state index in [1.54, 1.807) is 24.0 Å². The van der Waals surface area contributed by atoms with Crippen molar-refractivity contribution < 1.29 is 4.79 Å². The van der Waals surface area contributed by atoms with Crippen molar-refractivity contribution in [3.05, 3.63) is 29.6 Å². The number of nitrogen functional groups attached to an aromatic ring is 1. The van der Waals surface area contributed by atoms with E-state index in [0.717, 1.165) is 0 Å². The minimum absolute atomic E-state index is 0.244. The molecule has 2 aromatic heterocycles. The van der Waals surface area contributed by atoms with E-state index in [1.165, 1.54) is 0 Å². The number of carbonyl (C=O) groups excluding carboxylic acids is 1. The van der Waals surface area contributed by atoms with Gasteiger partial charge in [0.05, 0.1) is 17.9 Å². The normalized spacial score (nSPS) is 10.6. The molecule has 0 aliphatic carbocycles. The summed E-state index contributed by atoms with van der Waals surface area (Å²) in [4.78, 5) is 19.0. The van der Waals surface area contributed by atoms with Gasteiger partial charge in [-0.25, -0.2) is 4.98 Å². The van der Waals surface area contributed by atoms with E-state index in [2.05, 4.69) is 20.4 Å². The molecule has 0 bridgehead atoms. The van der Waals surface area contributed by atoms with Crippen LogP contribution < -0.4 is 11.1 Å². The van der Waals surface area contributed by atoms with Crippen molar-refractivity contribution >= 4 is 11.6 Å². The van der Waals surface area contributed by atoms with Crippen molar-refractivity contribution in [3.8, 4) is 0 Å². The fraction of sp³-hybridized carbons (Fsp3) is 0.364. The maximum atomic E-state index is 12.1. The molecule has 0 aliphatic heterocycles. The Morgan fingerprint density at radius 2 is 2.39 bits per heavy atom. The number of hydrogen-bond acceptors (Lipinski definition) is 4.